The molecular weight excluding hydrogens is 262 g/mol. The molecule has 1 aromatic rings. The standard InChI is InChI=1S/C11H12ClNO5/c1-2-17-6-7-18-11(14)8-4-3-5-9(12)10(8)13(15)16/h3-5H,2,6-7H2,1H3. The molecule has 0 aromatic heterocycles. The number of halogens is 1. The largest absolute Gasteiger partial charge is 0.459 e. The van der Waals surface area contributed by atoms with E-state index in [9.17, 15) is 14.9 Å². The van der Waals surface area contributed by atoms with Crippen LogP contribution in [0.1, 0.15) is 17.3 Å². The summed E-state index contributed by atoms with van der Waals surface area (Å²) in [5, 5.41) is 10.7. The van der Waals surface area contributed by atoms with Crippen LogP contribution in [0.25, 0.3) is 0 Å². The van der Waals surface area contributed by atoms with E-state index in [4.69, 9.17) is 21.1 Å². The summed E-state index contributed by atoms with van der Waals surface area (Å²) in [6.45, 7) is 2.60. The van der Waals surface area contributed by atoms with Gasteiger partial charge in [0.15, 0.2) is 0 Å². The van der Waals surface area contributed by atoms with Crippen LogP contribution in [-0.2, 0) is 9.47 Å². The zero-order chi connectivity index (χ0) is 13.5. The van der Waals surface area contributed by atoms with E-state index < -0.39 is 16.6 Å². The van der Waals surface area contributed by atoms with Gasteiger partial charge >= 0.3 is 11.7 Å². The summed E-state index contributed by atoms with van der Waals surface area (Å²) in [6, 6.07) is 4.10. The Labute approximate surface area is 109 Å². The lowest BCUT2D eigenvalue weighted by atomic mass is 10.2. The number of nitro benzene ring substituents is 1. The van der Waals surface area contributed by atoms with Gasteiger partial charge in [-0.1, -0.05) is 17.7 Å². The predicted molar refractivity (Wildman–Crippen MR) is 64.9 cm³/mol. The minimum absolute atomic E-state index is 0.0380. The van der Waals surface area contributed by atoms with Crippen molar-refractivity contribution < 1.29 is 19.2 Å². The van der Waals surface area contributed by atoms with E-state index in [0.717, 1.165) is 0 Å². The van der Waals surface area contributed by atoms with Crippen molar-refractivity contribution in [3.05, 3.63) is 38.9 Å². The van der Waals surface area contributed by atoms with Crippen molar-refractivity contribution in [3.8, 4) is 0 Å². The molecule has 0 unspecified atom stereocenters. The van der Waals surface area contributed by atoms with E-state index in [2.05, 4.69) is 0 Å². The van der Waals surface area contributed by atoms with Gasteiger partial charge < -0.3 is 9.47 Å². The van der Waals surface area contributed by atoms with E-state index in [1.807, 2.05) is 6.92 Å². The van der Waals surface area contributed by atoms with Crippen LogP contribution in [0.4, 0.5) is 5.69 Å². The Balaban J connectivity index is 2.79. The fourth-order valence-corrected chi connectivity index (χ4v) is 1.52. The molecule has 0 heterocycles. The normalized spacial score (nSPS) is 10.1. The van der Waals surface area contributed by atoms with Crippen molar-refractivity contribution >= 4 is 23.3 Å². The van der Waals surface area contributed by atoms with Gasteiger partial charge in [-0.3, -0.25) is 10.1 Å². The van der Waals surface area contributed by atoms with Crippen LogP contribution >= 0.6 is 11.6 Å². The van der Waals surface area contributed by atoms with Crippen molar-refractivity contribution in [3.63, 3.8) is 0 Å². The molecule has 1 aromatic carbocycles. The Morgan fingerprint density at radius 1 is 1.44 bits per heavy atom. The van der Waals surface area contributed by atoms with E-state index in [1.165, 1.54) is 18.2 Å². The fourth-order valence-electron chi connectivity index (χ4n) is 1.28. The molecule has 0 saturated heterocycles. The number of hydrogen-bond donors (Lipinski definition) is 0. The van der Waals surface area contributed by atoms with Crippen LogP contribution in [0.5, 0.6) is 0 Å². The molecule has 0 N–H and O–H groups in total. The maximum atomic E-state index is 11.6. The molecule has 0 saturated carbocycles. The molecular formula is C11H12ClNO5. The number of nitro groups is 1. The minimum atomic E-state index is -0.788. The minimum Gasteiger partial charge on any atom is -0.459 e. The van der Waals surface area contributed by atoms with Gasteiger partial charge in [-0.15, -0.1) is 0 Å². The number of esters is 1. The quantitative estimate of drug-likeness (QED) is 0.344. The van der Waals surface area contributed by atoms with Gasteiger partial charge in [-0.25, -0.2) is 4.79 Å². The van der Waals surface area contributed by atoms with Gasteiger partial charge in [-0.05, 0) is 19.1 Å². The summed E-state index contributed by atoms with van der Waals surface area (Å²) in [5.41, 5.74) is -0.607. The smallest absolute Gasteiger partial charge is 0.345 e. The molecule has 98 valence electrons. The third kappa shape index (κ3) is 3.68. The number of benzene rings is 1. The second kappa shape index (κ2) is 6.93. The van der Waals surface area contributed by atoms with E-state index in [-0.39, 0.29) is 23.8 Å². The number of nitrogens with zero attached hydrogens (tertiary/aromatic N) is 1. The van der Waals surface area contributed by atoms with Gasteiger partial charge in [0.25, 0.3) is 0 Å². The fraction of sp³-hybridized carbons (Fsp3) is 0.364. The van der Waals surface area contributed by atoms with Crippen molar-refractivity contribution in [1.82, 2.24) is 0 Å². The van der Waals surface area contributed by atoms with Crippen LogP contribution < -0.4 is 0 Å². The first-order chi connectivity index (χ1) is 8.57. The Bertz CT molecular complexity index is 449. The summed E-state index contributed by atoms with van der Waals surface area (Å²) >= 11 is 5.68. The molecule has 6 nitrogen and oxygen atoms in total. The first-order valence-corrected chi connectivity index (χ1v) is 5.63. The zero-order valence-corrected chi connectivity index (χ0v) is 10.5. The highest BCUT2D eigenvalue weighted by molar-refractivity contribution is 6.33. The van der Waals surface area contributed by atoms with Gasteiger partial charge in [0.05, 0.1) is 11.5 Å². The Morgan fingerprint density at radius 2 is 2.17 bits per heavy atom. The molecule has 7 heteroatoms. The summed E-state index contributed by atoms with van der Waals surface area (Å²) in [5.74, 6) is -0.788. The SMILES string of the molecule is CCOCCOC(=O)c1cccc(Cl)c1[N+](=O)[O-]. The number of carbonyl (C=O) groups excluding carboxylic acids is 1. The van der Waals surface area contributed by atoms with Crippen LogP contribution in [0, 0.1) is 10.1 Å². The molecule has 0 aliphatic rings. The maximum Gasteiger partial charge on any atom is 0.345 e. The average molecular weight is 274 g/mol. The van der Waals surface area contributed by atoms with Gasteiger partial charge in [0.2, 0.25) is 0 Å². The molecule has 0 amide bonds. The first-order valence-electron chi connectivity index (χ1n) is 5.25. The highest BCUT2D eigenvalue weighted by Crippen LogP contribution is 2.28. The van der Waals surface area contributed by atoms with Crippen molar-refractivity contribution in [2.24, 2.45) is 0 Å². The number of rotatable bonds is 6. The lowest BCUT2D eigenvalue weighted by Crippen LogP contribution is -2.12. The maximum absolute atomic E-state index is 11.6. The van der Waals surface area contributed by atoms with Crippen molar-refractivity contribution in [2.75, 3.05) is 19.8 Å². The van der Waals surface area contributed by atoms with E-state index >= 15 is 0 Å². The predicted octanol–water partition coefficient (Wildman–Crippen LogP) is 2.44. The number of hydrogen-bond acceptors (Lipinski definition) is 5. The number of carbonyl (C=O) groups is 1. The Kier molecular flexibility index (Phi) is 5.54. The molecule has 18 heavy (non-hydrogen) atoms. The zero-order valence-electron chi connectivity index (χ0n) is 9.72. The molecule has 0 aliphatic carbocycles. The topological polar surface area (TPSA) is 78.7 Å². The third-order valence-electron chi connectivity index (χ3n) is 2.05. The van der Waals surface area contributed by atoms with Gasteiger partial charge in [-0.2, -0.15) is 0 Å². The van der Waals surface area contributed by atoms with E-state index in [0.29, 0.717) is 6.61 Å². The van der Waals surface area contributed by atoms with Crippen LogP contribution in [0.3, 0.4) is 0 Å². The lowest BCUT2D eigenvalue weighted by Gasteiger charge is -2.06. The highest BCUT2D eigenvalue weighted by atomic mass is 35.5. The number of para-hydroxylation sites is 1. The molecule has 1 rings (SSSR count). The monoisotopic (exact) mass is 273 g/mol. The lowest BCUT2D eigenvalue weighted by molar-refractivity contribution is -0.385. The van der Waals surface area contributed by atoms with Crippen LogP contribution in [0.2, 0.25) is 5.02 Å². The first kappa shape index (κ1) is 14.4. The van der Waals surface area contributed by atoms with Crippen molar-refractivity contribution in [1.29, 1.82) is 0 Å². The molecule has 0 atom stereocenters. The highest BCUT2D eigenvalue weighted by Gasteiger charge is 2.24. The average Bonchev–Trinajstić information content (AvgIpc) is 2.33. The third-order valence-corrected chi connectivity index (χ3v) is 2.36. The molecule has 0 fully saturated rings. The summed E-state index contributed by atoms with van der Waals surface area (Å²) < 4.78 is 9.83. The number of ether oxygens (including phenoxy) is 2. The van der Waals surface area contributed by atoms with Crippen LogP contribution in [-0.4, -0.2) is 30.7 Å². The molecule has 0 aliphatic heterocycles. The Hall–Kier alpha value is -1.66. The van der Waals surface area contributed by atoms with Crippen LogP contribution in [0.15, 0.2) is 18.2 Å². The molecule has 0 spiro atoms. The summed E-state index contributed by atoms with van der Waals surface area (Å²) in [7, 11) is 0. The van der Waals surface area contributed by atoms with E-state index in [1.54, 1.807) is 0 Å². The molecule has 0 radical (unpaired) electrons. The van der Waals surface area contributed by atoms with Gasteiger partial charge in [0, 0.05) is 6.61 Å². The Morgan fingerprint density at radius 3 is 2.78 bits per heavy atom. The summed E-state index contributed by atoms with van der Waals surface area (Å²) in [6.07, 6.45) is 0. The second-order valence-corrected chi connectivity index (χ2v) is 3.63. The molecule has 0 bridgehead atoms. The summed E-state index contributed by atoms with van der Waals surface area (Å²) in [4.78, 5) is 21.7. The second-order valence-electron chi connectivity index (χ2n) is 3.23. The van der Waals surface area contributed by atoms with Gasteiger partial charge in [0.1, 0.15) is 17.2 Å². The van der Waals surface area contributed by atoms with Crippen molar-refractivity contribution in [2.45, 2.75) is 6.92 Å².